The molecule has 1 aliphatic rings. The van der Waals surface area contributed by atoms with E-state index in [2.05, 4.69) is 19.1 Å². The molecule has 2 aromatic rings. The zero-order valence-corrected chi connectivity index (χ0v) is 13.3. The van der Waals surface area contributed by atoms with E-state index in [1.165, 1.54) is 17.2 Å². The molecule has 0 spiro atoms. The monoisotopic (exact) mass is 315 g/mol. The zero-order valence-electron chi connectivity index (χ0n) is 13.3. The highest BCUT2D eigenvalue weighted by atomic mass is 19.2. The Kier molecular flexibility index (Phi) is 4.16. The topological polar surface area (TPSA) is 20.3 Å². The van der Waals surface area contributed by atoms with Gasteiger partial charge in [-0.2, -0.15) is 0 Å². The highest BCUT2D eigenvalue weighted by molar-refractivity contribution is 5.94. The van der Waals surface area contributed by atoms with E-state index in [4.69, 9.17) is 0 Å². The predicted molar refractivity (Wildman–Crippen MR) is 85.3 cm³/mol. The molecule has 0 radical (unpaired) electrons. The lowest BCUT2D eigenvalue weighted by Gasteiger charge is -2.37. The van der Waals surface area contributed by atoms with Crippen LogP contribution in [0.2, 0.25) is 0 Å². The first kappa shape index (κ1) is 15.7. The Bertz CT molecular complexity index is 757. The van der Waals surface area contributed by atoms with Gasteiger partial charge in [0.15, 0.2) is 11.6 Å². The molecule has 1 unspecified atom stereocenters. The number of amides is 1. The molecule has 0 aromatic heterocycles. The van der Waals surface area contributed by atoms with Gasteiger partial charge in [-0.1, -0.05) is 30.7 Å². The fourth-order valence-corrected chi connectivity index (χ4v) is 3.32. The molecule has 0 N–H and O–H groups in total. The molecule has 120 valence electrons. The zero-order chi connectivity index (χ0) is 16.6. The molecular weight excluding hydrogens is 296 g/mol. The van der Waals surface area contributed by atoms with Gasteiger partial charge in [0.1, 0.15) is 0 Å². The quantitative estimate of drug-likeness (QED) is 0.803. The average molecular weight is 315 g/mol. The molecule has 1 aliphatic heterocycles. The summed E-state index contributed by atoms with van der Waals surface area (Å²) in [6, 6.07) is 9.59. The molecule has 0 fully saturated rings. The maximum absolute atomic E-state index is 13.4. The van der Waals surface area contributed by atoms with E-state index in [-0.39, 0.29) is 17.5 Å². The van der Waals surface area contributed by atoms with E-state index in [1.807, 2.05) is 13.0 Å². The molecule has 3 rings (SSSR count). The third kappa shape index (κ3) is 2.85. The lowest BCUT2D eigenvalue weighted by molar-refractivity contribution is 0.0655. The molecule has 1 amide bonds. The summed E-state index contributed by atoms with van der Waals surface area (Å²) in [7, 11) is 0. The fourth-order valence-electron chi connectivity index (χ4n) is 3.32. The summed E-state index contributed by atoms with van der Waals surface area (Å²) in [6.07, 6.45) is 1.56. The molecule has 4 heteroatoms. The van der Waals surface area contributed by atoms with Gasteiger partial charge in [-0.15, -0.1) is 0 Å². The molecule has 1 atom stereocenters. The summed E-state index contributed by atoms with van der Waals surface area (Å²) in [5, 5.41) is 0. The first-order valence-electron chi connectivity index (χ1n) is 7.86. The van der Waals surface area contributed by atoms with Crippen LogP contribution in [0.15, 0.2) is 36.4 Å². The number of carbonyl (C=O) groups is 1. The number of aryl methyl sites for hydroxylation is 1. The summed E-state index contributed by atoms with van der Waals surface area (Å²) in [4.78, 5) is 14.5. The largest absolute Gasteiger partial charge is 0.331 e. The van der Waals surface area contributed by atoms with Crippen LogP contribution in [0.25, 0.3) is 0 Å². The predicted octanol–water partition coefficient (Wildman–Crippen LogP) is 4.42. The highest BCUT2D eigenvalue weighted by Crippen LogP contribution is 2.33. The van der Waals surface area contributed by atoms with Gasteiger partial charge >= 0.3 is 0 Å². The summed E-state index contributed by atoms with van der Waals surface area (Å²) in [6.45, 7) is 4.68. The van der Waals surface area contributed by atoms with Crippen molar-refractivity contribution in [3.05, 3.63) is 70.3 Å². The number of carbonyl (C=O) groups excluding carboxylic acids is 1. The molecule has 0 saturated carbocycles. The van der Waals surface area contributed by atoms with Gasteiger partial charge < -0.3 is 4.90 Å². The van der Waals surface area contributed by atoms with Gasteiger partial charge in [0, 0.05) is 12.1 Å². The van der Waals surface area contributed by atoms with Crippen LogP contribution in [0.1, 0.15) is 46.4 Å². The van der Waals surface area contributed by atoms with E-state index in [0.717, 1.165) is 30.5 Å². The third-order valence-corrected chi connectivity index (χ3v) is 4.47. The number of rotatable bonds is 2. The Hall–Kier alpha value is -2.23. The summed E-state index contributed by atoms with van der Waals surface area (Å²) >= 11 is 0. The van der Waals surface area contributed by atoms with Gasteiger partial charge in [-0.25, -0.2) is 8.78 Å². The van der Waals surface area contributed by atoms with Crippen molar-refractivity contribution in [2.24, 2.45) is 0 Å². The maximum Gasteiger partial charge on any atom is 0.254 e. The Balaban J connectivity index is 1.94. The number of benzene rings is 2. The van der Waals surface area contributed by atoms with Crippen molar-refractivity contribution >= 4 is 5.91 Å². The van der Waals surface area contributed by atoms with E-state index in [1.54, 1.807) is 4.90 Å². The van der Waals surface area contributed by atoms with Crippen molar-refractivity contribution in [2.45, 2.75) is 32.7 Å². The normalized spacial score (nSPS) is 17.0. The highest BCUT2D eigenvalue weighted by Gasteiger charge is 2.30. The van der Waals surface area contributed by atoms with Gasteiger partial charge in [0.2, 0.25) is 0 Å². The van der Waals surface area contributed by atoms with E-state index in [0.29, 0.717) is 6.54 Å². The molecule has 0 saturated heterocycles. The minimum absolute atomic E-state index is 0.0278. The van der Waals surface area contributed by atoms with Crippen molar-refractivity contribution in [1.29, 1.82) is 0 Å². The second kappa shape index (κ2) is 6.11. The fraction of sp³-hybridized carbons (Fsp3) is 0.316. The van der Waals surface area contributed by atoms with Crippen LogP contribution in [0.5, 0.6) is 0 Å². The molecule has 2 aromatic carbocycles. The minimum Gasteiger partial charge on any atom is -0.331 e. The van der Waals surface area contributed by atoms with Crippen molar-refractivity contribution in [1.82, 2.24) is 4.90 Å². The molecule has 0 bridgehead atoms. The smallest absolute Gasteiger partial charge is 0.254 e. The van der Waals surface area contributed by atoms with Crippen LogP contribution < -0.4 is 0 Å². The summed E-state index contributed by atoms with van der Waals surface area (Å²) in [5.74, 6) is -2.17. The Labute approximate surface area is 134 Å². The Morgan fingerprint density at radius 3 is 2.65 bits per heavy atom. The second-order valence-electron chi connectivity index (χ2n) is 6.00. The lowest BCUT2D eigenvalue weighted by atomic mass is 9.89. The van der Waals surface area contributed by atoms with E-state index >= 15 is 0 Å². The average Bonchev–Trinajstić information content (AvgIpc) is 2.55. The van der Waals surface area contributed by atoms with Crippen LogP contribution in [-0.4, -0.2) is 17.4 Å². The van der Waals surface area contributed by atoms with Crippen LogP contribution in [-0.2, 0) is 6.42 Å². The SMILES string of the molecule is CCC1c2ccc(C)cc2CCN1C(=O)c1ccc(F)c(F)c1. The first-order chi connectivity index (χ1) is 11.0. The van der Waals surface area contributed by atoms with Gasteiger partial charge in [-0.05, 0) is 49.1 Å². The van der Waals surface area contributed by atoms with Gasteiger partial charge in [0.25, 0.3) is 5.91 Å². The second-order valence-corrected chi connectivity index (χ2v) is 6.00. The minimum atomic E-state index is -0.989. The molecule has 23 heavy (non-hydrogen) atoms. The molecular formula is C19H19F2NO. The molecule has 1 heterocycles. The van der Waals surface area contributed by atoms with Crippen molar-refractivity contribution < 1.29 is 13.6 Å². The number of halogens is 2. The third-order valence-electron chi connectivity index (χ3n) is 4.47. The Morgan fingerprint density at radius 1 is 1.17 bits per heavy atom. The number of fused-ring (bicyclic) bond motifs is 1. The summed E-state index contributed by atoms with van der Waals surface area (Å²) in [5.41, 5.74) is 3.82. The lowest BCUT2D eigenvalue weighted by Crippen LogP contribution is -2.40. The first-order valence-corrected chi connectivity index (χ1v) is 7.86. The van der Waals surface area contributed by atoms with Gasteiger partial charge in [0.05, 0.1) is 6.04 Å². The van der Waals surface area contributed by atoms with Crippen molar-refractivity contribution in [3.63, 3.8) is 0 Å². The van der Waals surface area contributed by atoms with Crippen LogP contribution in [0.3, 0.4) is 0 Å². The van der Waals surface area contributed by atoms with Crippen molar-refractivity contribution in [3.8, 4) is 0 Å². The number of hydrogen-bond donors (Lipinski definition) is 0. The number of nitrogens with zero attached hydrogens (tertiary/aromatic N) is 1. The molecule has 0 aliphatic carbocycles. The van der Waals surface area contributed by atoms with E-state index in [9.17, 15) is 13.6 Å². The standard InChI is InChI=1S/C19H19F2NO/c1-3-18-15-6-4-12(2)10-13(15)8-9-22(18)19(23)14-5-7-16(20)17(21)11-14/h4-7,10-11,18H,3,8-9H2,1-2H3. The Morgan fingerprint density at radius 2 is 1.96 bits per heavy atom. The van der Waals surface area contributed by atoms with Crippen LogP contribution in [0, 0.1) is 18.6 Å². The molecule has 2 nitrogen and oxygen atoms in total. The number of hydrogen-bond acceptors (Lipinski definition) is 1. The van der Waals surface area contributed by atoms with E-state index < -0.39 is 11.6 Å². The van der Waals surface area contributed by atoms with Crippen LogP contribution >= 0.6 is 0 Å². The van der Waals surface area contributed by atoms with Crippen LogP contribution in [0.4, 0.5) is 8.78 Å². The van der Waals surface area contributed by atoms with Crippen molar-refractivity contribution in [2.75, 3.05) is 6.54 Å². The maximum atomic E-state index is 13.4. The van der Waals surface area contributed by atoms with Gasteiger partial charge in [-0.3, -0.25) is 4.79 Å². The summed E-state index contributed by atoms with van der Waals surface area (Å²) < 4.78 is 26.5.